The number of aliphatic carboxylic acids is 1. The van der Waals surface area contributed by atoms with Gasteiger partial charge in [0, 0.05) is 13.3 Å². The van der Waals surface area contributed by atoms with Crippen LogP contribution in [0.3, 0.4) is 0 Å². The number of fused-ring (bicyclic) bond motifs is 1. The van der Waals surface area contributed by atoms with Crippen LogP contribution in [0.1, 0.15) is 22.8 Å². The third-order valence-electron chi connectivity index (χ3n) is 4.39. The number of hydrogen-bond acceptors (Lipinski definition) is 3. The molecule has 3 N–H and O–H groups in total. The summed E-state index contributed by atoms with van der Waals surface area (Å²) in [6.07, 6.45) is 0.144. The van der Waals surface area contributed by atoms with Crippen molar-refractivity contribution >= 4 is 34.2 Å². The summed E-state index contributed by atoms with van der Waals surface area (Å²) in [7, 11) is 0. The summed E-state index contributed by atoms with van der Waals surface area (Å²) < 4.78 is 0. The minimum atomic E-state index is -1.13. The molecule has 0 fully saturated rings. The zero-order chi connectivity index (χ0) is 20.1. The molecule has 0 aliphatic carbocycles. The molecule has 0 aliphatic rings. The lowest BCUT2D eigenvalue weighted by molar-refractivity contribution is -0.139. The minimum Gasteiger partial charge on any atom is -0.480 e. The molecular weight excluding hydrogens is 356 g/mol. The predicted octanol–water partition coefficient (Wildman–Crippen LogP) is 3.22. The molecule has 6 nitrogen and oxygen atoms in total. The molecule has 142 valence electrons. The smallest absolute Gasteiger partial charge is 0.326 e. The Morgan fingerprint density at radius 1 is 0.929 bits per heavy atom. The van der Waals surface area contributed by atoms with Crippen LogP contribution < -0.4 is 10.6 Å². The van der Waals surface area contributed by atoms with Gasteiger partial charge in [-0.2, -0.15) is 0 Å². The summed E-state index contributed by atoms with van der Waals surface area (Å²) in [6, 6.07) is 18.7. The molecule has 0 heterocycles. The van der Waals surface area contributed by atoms with Crippen LogP contribution in [-0.2, 0) is 16.0 Å². The third-order valence-corrected chi connectivity index (χ3v) is 4.39. The number of nitrogens with one attached hydrogen (secondary N) is 2. The molecule has 1 atom stereocenters. The molecule has 3 aromatic carbocycles. The fourth-order valence-electron chi connectivity index (χ4n) is 3.11. The molecular formula is C22H20N2O4. The Balaban J connectivity index is 1.85. The molecule has 0 unspecified atom stereocenters. The van der Waals surface area contributed by atoms with E-state index in [9.17, 15) is 19.5 Å². The van der Waals surface area contributed by atoms with E-state index in [4.69, 9.17) is 0 Å². The average Bonchev–Trinajstić information content (AvgIpc) is 2.67. The molecule has 3 aromatic rings. The Labute approximate surface area is 162 Å². The van der Waals surface area contributed by atoms with Crippen LogP contribution in [0.5, 0.6) is 0 Å². The quantitative estimate of drug-likeness (QED) is 0.615. The van der Waals surface area contributed by atoms with Crippen LogP contribution in [0.4, 0.5) is 5.69 Å². The van der Waals surface area contributed by atoms with Crippen molar-refractivity contribution in [1.82, 2.24) is 5.32 Å². The molecule has 0 saturated carbocycles. The zero-order valence-corrected chi connectivity index (χ0v) is 15.3. The number of carboxylic acid groups (broad SMARTS) is 1. The minimum absolute atomic E-state index is 0.144. The first-order valence-corrected chi connectivity index (χ1v) is 8.82. The summed E-state index contributed by atoms with van der Waals surface area (Å²) >= 11 is 0. The summed E-state index contributed by atoms with van der Waals surface area (Å²) in [5, 5.41) is 16.7. The van der Waals surface area contributed by atoms with E-state index in [2.05, 4.69) is 10.6 Å². The van der Waals surface area contributed by atoms with Crippen molar-refractivity contribution in [1.29, 1.82) is 0 Å². The van der Waals surface area contributed by atoms with Gasteiger partial charge in [-0.05, 0) is 28.5 Å². The lowest BCUT2D eigenvalue weighted by Gasteiger charge is -2.17. The van der Waals surface area contributed by atoms with E-state index in [0.717, 1.165) is 16.3 Å². The monoisotopic (exact) mass is 376 g/mol. The molecule has 2 amide bonds. The Morgan fingerprint density at radius 3 is 2.36 bits per heavy atom. The molecule has 28 heavy (non-hydrogen) atoms. The van der Waals surface area contributed by atoms with Gasteiger partial charge in [-0.3, -0.25) is 9.59 Å². The number of hydrogen-bond donors (Lipinski definition) is 3. The van der Waals surface area contributed by atoms with Crippen LogP contribution in [-0.4, -0.2) is 28.9 Å². The van der Waals surface area contributed by atoms with Gasteiger partial charge in [0.1, 0.15) is 6.04 Å². The highest BCUT2D eigenvalue weighted by atomic mass is 16.4. The number of carbonyl (C=O) groups excluding carboxylic acids is 2. The largest absolute Gasteiger partial charge is 0.480 e. The van der Waals surface area contributed by atoms with E-state index in [1.807, 2.05) is 42.5 Å². The van der Waals surface area contributed by atoms with Gasteiger partial charge in [0.2, 0.25) is 5.91 Å². The third kappa shape index (κ3) is 4.35. The Morgan fingerprint density at radius 2 is 1.61 bits per heavy atom. The molecule has 3 rings (SSSR count). The van der Waals surface area contributed by atoms with Gasteiger partial charge < -0.3 is 15.7 Å². The van der Waals surface area contributed by atoms with Crippen LogP contribution in [0, 0.1) is 0 Å². The molecule has 0 bridgehead atoms. The van der Waals surface area contributed by atoms with E-state index in [1.54, 1.807) is 18.2 Å². The van der Waals surface area contributed by atoms with Crippen LogP contribution in [0.2, 0.25) is 0 Å². The topological polar surface area (TPSA) is 95.5 Å². The molecule has 0 spiro atoms. The predicted molar refractivity (Wildman–Crippen MR) is 107 cm³/mol. The lowest BCUT2D eigenvalue weighted by atomic mass is 9.98. The van der Waals surface area contributed by atoms with Crippen molar-refractivity contribution in [2.24, 2.45) is 0 Å². The van der Waals surface area contributed by atoms with Gasteiger partial charge in [0.05, 0.1) is 11.3 Å². The second-order valence-corrected chi connectivity index (χ2v) is 6.43. The highest BCUT2D eigenvalue weighted by molar-refractivity contribution is 6.04. The average molecular weight is 376 g/mol. The van der Waals surface area contributed by atoms with E-state index < -0.39 is 17.9 Å². The van der Waals surface area contributed by atoms with Gasteiger partial charge in [-0.25, -0.2) is 4.79 Å². The first kappa shape index (κ1) is 19.1. The maximum Gasteiger partial charge on any atom is 0.326 e. The van der Waals surface area contributed by atoms with E-state index >= 15 is 0 Å². The second kappa shape index (κ2) is 8.35. The number of benzene rings is 3. The second-order valence-electron chi connectivity index (χ2n) is 6.43. The number of amides is 2. The van der Waals surface area contributed by atoms with Crippen molar-refractivity contribution < 1.29 is 19.5 Å². The molecule has 0 aromatic heterocycles. The number of carboxylic acids is 1. The maximum atomic E-state index is 12.7. The van der Waals surface area contributed by atoms with E-state index in [0.29, 0.717) is 5.69 Å². The van der Waals surface area contributed by atoms with Gasteiger partial charge in [0.25, 0.3) is 5.91 Å². The summed E-state index contributed by atoms with van der Waals surface area (Å²) in [5.74, 6) is -2.00. The number of anilines is 1. The number of rotatable bonds is 6. The number of carbonyl (C=O) groups is 3. The fraction of sp³-hybridized carbons (Fsp3) is 0.136. The van der Waals surface area contributed by atoms with Gasteiger partial charge >= 0.3 is 5.97 Å². The summed E-state index contributed by atoms with van der Waals surface area (Å²) in [5.41, 5.74) is 1.38. The Bertz CT molecular complexity index is 1040. The lowest BCUT2D eigenvalue weighted by Crippen LogP contribution is -2.42. The Kier molecular flexibility index (Phi) is 5.69. The van der Waals surface area contributed by atoms with Crippen molar-refractivity contribution in [3.05, 3.63) is 77.9 Å². The van der Waals surface area contributed by atoms with Crippen molar-refractivity contribution in [3.63, 3.8) is 0 Å². The summed E-state index contributed by atoms with van der Waals surface area (Å²) in [6.45, 7) is 1.34. The first-order chi connectivity index (χ1) is 13.5. The maximum absolute atomic E-state index is 12.7. The van der Waals surface area contributed by atoms with Crippen molar-refractivity contribution in [3.8, 4) is 0 Å². The van der Waals surface area contributed by atoms with Crippen LogP contribution in [0.25, 0.3) is 10.8 Å². The standard InChI is InChI=1S/C22H20N2O4/c1-14(25)23-19-12-5-4-11-18(19)21(26)24-20(22(27)28)13-16-9-6-8-15-7-2-3-10-17(15)16/h2-12,20H,13H2,1H3,(H,23,25)(H,24,26)(H,27,28)/t20-/m1/s1. The highest BCUT2D eigenvalue weighted by Gasteiger charge is 2.23. The molecule has 0 saturated heterocycles. The number of para-hydroxylation sites is 1. The van der Waals surface area contributed by atoms with Crippen LogP contribution in [0.15, 0.2) is 66.7 Å². The van der Waals surface area contributed by atoms with Gasteiger partial charge in [-0.15, -0.1) is 0 Å². The van der Waals surface area contributed by atoms with Crippen molar-refractivity contribution in [2.75, 3.05) is 5.32 Å². The van der Waals surface area contributed by atoms with Crippen LogP contribution >= 0.6 is 0 Å². The highest BCUT2D eigenvalue weighted by Crippen LogP contribution is 2.20. The molecule has 6 heteroatoms. The summed E-state index contributed by atoms with van der Waals surface area (Å²) in [4.78, 5) is 35.8. The van der Waals surface area contributed by atoms with Crippen molar-refractivity contribution in [2.45, 2.75) is 19.4 Å². The van der Waals surface area contributed by atoms with E-state index in [-0.39, 0.29) is 17.9 Å². The van der Waals surface area contributed by atoms with Gasteiger partial charge in [0.15, 0.2) is 0 Å². The molecule has 0 aliphatic heterocycles. The first-order valence-electron chi connectivity index (χ1n) is 8.82. The van der Waals surface area contributed by atoms with Gasteiger partial charge in [-0.1, -0.05) is 54.6 Å². The molecule has 0 radical (unpaired) electrons. The zero-order valence-electron chi connectivity index (χ0n) is 15.3. The SMILES string of the molecule is CC(=O)Nc1ccccc1C(=O)N[C@H](Cc1cccc2ccccc12)C(=O)O. The fourth-order valence-corrected chi connectivity index (χ4v) is 3.11. The van der Waals surface area contributed by atoms with E-state index in [1.165, 1.54) is 13.0 Å². The Hall–Kier alpha value is -3.67. The normalized spacial score (nSPS) is 11.6.